The number of thiazole rings is 1. The van der Waals surface area contributed by atoms with E-state index in [1.54, 1.807) is 13.8 Å². The summed E-state index contributed by atoms with van der Waals surface area (Å²) in [6.07, 6.45) is 4.84. The van der Waals surface area contributed by atoms with Gasteiger partial charge in [-0.05, 0) is 49.7 Å². The topological polar surface area (TPSA) is 167 Å². The number of likely N-dealkylation sites (tertiary alicyclic amines) is 1. The normalized spacial score (nSPS) is 22.7. The molecule has 2 aliphatic carbocycles. The highest BCUT2D eigenvalue weighted by Crippen LogP contribution is 2.37. The molecule has 4 amide bonds. The van der Waals surface area contributed by atoms with E-state index in [2.05, 4.69) is 20.9 Å². The number of fused-ring (bicyclic) bond motifs is 1. The lowest BCUT2D eigenvalue weighted by Gasteiger charge is -2.34. The molecular weight excluding hydrogens is 586 g/mol. The molecule has 1 aliphatic heterocycles. The van der Waals surface area contributed by atoms with E-state index in [1.165, 1.54) is 23.2 Å². The van der Waals surface area contributed by atoms with Gasteiger partial charge in [0.05, 0.1) is 16.8 Å². The quantitative estimate of drug-likeness (QED) is 0.295. The second-order valence-electron chi connectivity index (χ2n) is 12.6. The number of hydrogen-bond acceptors (Lipinski definition) is 8. The fourth-order valence-electron chi connectivity index (χ4n) is 6.27. The molecule has 2 saturated carbocycles. The van der Waals surface area contributed by atoms with Crippen LogP contribution < -0.4 is 20.7 Å². The van der Waals surface area contributed by atoms with E-state index in [1.807, 2.05) is 24.3 Å². The van der Waals surface area contributed by atoms with Crippen LogP contribution in [0.2, 0.25) is 0 Å². The van der Waals surface area contributed by atoms with E-state index in [0.29, 0.717) is 18.0 Å². The van der Waals surface area contributed by atoms with Gasteiger partial charge in [0.15, 0.2) is 0 Å². The first kappa shape index (κ1) is 31.7. The van der Waals surface area contributed by atoms with Crippen LogP contribution in [0.15, 0.2) is 24.3 Å². The van der Waals surface area contributed by atoms with Gasteiger partial charge in [0.1, 0.15) is 29.8 Å². The van der Waals surface area contributed by atoms with Crippen LogP contribution in [0.25, 0.3) is 10.2 Å². The molecule has 4 N–H and O–H groups in total. The fraction of sp³-hybridized carbons (Fsp3) is 0.613. The monoisotopic (exact) mass is 627 g/mol. The first-order valence-corrected chi connectivity index (χ1v) is 16.2. The molecule has 1 saturated heterocycles. The van der Waals surface area contributed by atoms with Crippen LogP contribution in [-0.4, -0.2) is 80.9 Å². The van der Waals surface area contributed by atoms with Crippen LogP contribution in [0.3, 0.4) is 0 Å². The smallest absolute Gasteiger partial charge is 0.329 e. The highest BCUT2D eigenvalue weighted by atomic mass is 32.1. The summed E-state index contributed by atoms with van der Waals surface area (Å²) in [5, 5.41) is 18.4. The van der Waals surface area contributed by atoms with Gasteiger partial charge in [-0.1, -0.05) is 56.6 Å². The van der Waals surface area contributed by atoms with Crippen molar-refractivity contribution >= 4 is 51.2 Å². The molecular formula is C31H41N5O7S. The first-order valence-electron chi connectivity index (χ1n) is 15.4. The molecule has 4 atom stereocenters. The molecule has 3 aliphatic rings. The second-order valence-corrected chi connectivity index (χ2v) is 13.6. The highest BCUT2D eigenvalue weighted by molar-refractivity contribution is 7.20. The number of carbonyl (C=O) groups excluding carboxylic acids is 4. The molecule has 1 aromatic carbocycles. The Balaban J connectivity index is 1.36. The Morgan fingerprint density at radius 3 is 2.39 bits per heavy atom. The molecule has 0 bridgehead atoms. The van der Waals surface area contributed by atoms with Gasteiger partial charge in [0.2, 0.25) is 23.6 Å². The Kier molecular flexibility index (Phi) is 9.42. The highest BCUT2D eigenvalue weighted by Gasteiger charge is 2.54. The van der Waals surface area contributed by atoms with Gasteiger partial charge in [-0.25, -0.2) is 9.78 Å². The number of aromatic nitrogens is 1. The third kappa shape index (κ3) is 6.98. The van der Waals surface area contributed by atoms with Gasteiger partial charge in [-0.2, -0.15) is 0 Å². The van der Waals surface area contributed by atoms with E-state index in [9.17, 15) is 29.1 Å². The number of rotatable bonds is 11. The van der Waals surface area contributed by atoms with Crippen LogP contribution in [0.5, 0.6) is 5.19 Å². The van der Waals surface area contributed by atoms with E-state index < -0.39 is 53.5 Å². The summed E-state index contributed by atoms with van der Waals surface area (Å²) < 4.78 is 7.12. The van der Waals surface area contributed by atoms with Crippen LogP contribution in [-0.2, 0) is 24.0 Å². The molecule has 13 heteroatoms. The summed E-state index contributed by atoms with van der Waals surface area (Å²) in [5.74, 6) is -3.25. The summed E-state index contributed by atoms with van der Waals surface area (Å²) in [7, 11) is 0. The molecule has 2 heterocycles. The minimum absolute atomic E-state index is 0.0294. The van der Waals surface area contributed by atoms with Crippen molar-refractivity contribution in [1.82, 2.24) is 25.8 Å². The molecule has 0 spiro atoms. The Labute approximate surface area is 260 Å². The van der Waals surface area contributed by atoms with Crippen molar-refractivity contribution in [3.8, 4) is 5.19 Å². The van der Waals surface area contributed by atoms with Crippen LogP contribution >= 0.6 is 11.3 Å². The maximum atomic E-state index is 14.2. The number of nitrogens with zero attached hydrogens (tertiary/aromatic N) is 2. The zero-order chi connectivity index (χ0) is 31.6. The molecule has 1 aromatic heterocycles. The van der Waals surface area contributed by atoms with Crippen molar-refractivity contribution in [3.05, 3.63) is 24.3 Å². The number of amides is 4. The number of benzene rings is 1. The number of para-hydroxylation sites is 1. The van der Waals surface area contributed by atoms with Crippen molar-refractivity contribution in [2.75, 3.05) is 6.54 Å². The fourth-order valence-corrected chi connectivity index (χ4v) is 7.16. The number of carboxylic acids is 1. The number of carboxylic acid groups (broad SMARTS) is 1. The minimum atomic E-state index is -1.32. The van der Waals surface area contributed by atoms with Gasteiger partial charge >= 0.3 is 5.97 Å². The van der Waals surface area contributed by atoms with Gasteiger partial charge in [0, 0.05) is 13.3 Å². The van der Waals surface area contributed by atoms with Crippen molar-refractivity contribution in [2.24, 2.45) is 11.8 Å². The average molecular weight is 628 g/mol. The summed E-state index contributed by atoms with van der Waals surface area (Å²) in [6.45, 7) is 5.04. The summed E-state index contributed by atoms with van der Waals surface area (Å²) in [4.78, 5) is 71.1. The second kappa shape index (κ2) is 13.1. The lowest BCUT2D eigenvalue weighted by atomic mass is 9.83. The summed E-state index contributed by atoms with van der Waals surface area (Å²) >= 11 is 1.36. The molecule has 0 radical (unpaired) electrons. The lowest BCUT2D eigenvalue weighted by molar-refractivity contribution is -0.146. The predicted octanol–water partition coefficient (Wildman–Crippen LogP) is 2.60. The van der Waals surface area contributed by atoms with Crippen LogP contribution in [0, 0.1) is 11.8 Å². The average Bonchev–Trinajstić information content (AvgIpc) is 3.47. The minimum Gasteiger partial charge on any atom is -0.480 e. The SMILES string of the molecule is CC(=O)N[C@H](C(=O)N[C@H](C(=O)N1C[C@H](Oc2nc3ccccc3s2)C[C@H]1C(=O)NC1(C(=O)O)CC1)C(C)C)C1CCCCC1. The molecule has 2 aromatic rings. The largest absolute Gasteiger partial charge is 0.480 e. The van der Waals surface area contributed by atoms with E-state index in [4.69, 9.17) is 4.74 Å². The summed E-state index contributed by atoms with van der Waals surface area (Å²) in [5.41, 5.74) is -0.547. The number of ether oxygens (including phenoxy) is 1. The van der Waals surface area contributed by atoms with Crippen molar-refractivity contribution in [1.29, 1.82) is 0 Å². The Morgan fingerprint density at radius 2 is 1.77 bits per heavy atom. The molecule has 44 heavy (non-hydrogen) atoms. The van der Waals surface area contributed by atoms with Gasteiger partial charge in [-0.3, -0.25) is 19.2 Å². The van der Waals surface area contributed by atoms with Crippen molar-refractivity contribution in [2.45, 2.75) is 102 Å². The summed E-state index contributed by atoms with van der Waals surface area (Å²) in [6, 6.07) is 4.84. The van der Waals surface area contributed by atoms with E-state index >= 15 is 0 Å². The third-order valence-electron chi connectivity index (χ3n) is 8.90. The van der Waals surface area contributed by atoms with Crippen molar-refractivity contribution in [3.63, 3.8) is 0 Å². The maximum Gasteiger partial charge on any atom is 0.329 e. The molecule has 0 unspecified atom stereocenters. The number of nitrogens with one attached hydrogen (secondary N) is 3. The Morgan fingerprint density at radius 1 is 1.07 bits per heavy atom. The van der Waals surface area contributed by atoms with Crippen molar-refractivity contribution < 1.29 is 33.8 Å². The third-order valence-corrected chi connectivity index (χ3v) is 9.83. The van der Waals surface area contributed by atoms with E-state index in [-0.39, 0.29) is 30.7 Å². The zero-order valence-electron chi connectivity index (χ0n) is 25.3. The standard InChI is InChI=1S/C31H41N5O7S/c1-17(2)24(34-27(39)25(32-18(3)37)19-9-5-4-6-10-19)28(40)36-16-20(43-30-33-21-11-7-8-12-23(21)44-30)15-22(36)26(38)35-31(13-14-31)29(41)42/h7-8,11-12,17,19-20,22,24-25H,4-6,9-10,13-16H2,1-3H3,(H,32,37)(H,34,39)(H,35,38)(H,41,42)/t20-,22+,24+,25+/m1/s1. The van der Waals surface area contributed by atoms with Gasteiger partial charge in [0.25, 0.3) is 5.19 Å². The molecule has 238 valence electrons. The lowest BCUT2D eigenvalue weighted by Crippen LogP contribution is -2.60. The molecule has 12 nitrogen and oxygen atoms in total. The van der Waals surface area contributed by atoms with Crippen LogP contribution in [0.4, 0.5) is 0 Å². The van der Waals surface area contributed by atoms with E-state index in [0.717, 1.165) is 42.3 Å². The predicted molar refractivity (Wildman–Crippen MR) is 163 cm³/mol. The maximum absolute atomic E-state index is 14.2. The van der Waals surface area contributed by atoms with Crippen LogP contribution in [0.1, 0.15) is 72.1 Å². The first-order chi connectivity index (χ1) is 21.0. The number of carbonyl (C=O) groups is 5. The Hall–Kier alpha value is -3.74. The number of aliphatic carboxylic acids is 1. The molecule has 5 rings (SSSR count). The van der Waals surface area contributed by atoms with Gasteiger partial charge < -0.3 is 30.7 Å². The number of hydrogen-bond donors (Lipinski definition) is 4. The van der Waals surface area contributed by atoms with Gasteiger partial charge in [-0.15, -0.1) is 0 Å². The zero-order valence-corrected chi connectivity index (χ0v) is 26.2. The Bertz CT molecular complexity index is 1380. The molecule has 3 fully saturated rings.